The number of furan rings is 1. The summed E-state index contributed by atoms with van der Waals surface area (Å²) in [6, 6.07) is 19.5. The van der Waals surface area contributed by atoms with E-state index in [0.717, 1.165) is 21.1 Å². The van der Waals surface area contributed by atoms with Crippen LogP contribution in [0, 0.1) is 4.77 Å². The molecule has 2 aromatic heterocycles. The van der Waals surface area contributed by atoms with Crippen molar-refractivity contribution in [1.82, 2.24) is 9.55 Å². The molecular formula is C18H12BrN3OS. The molecule has 0 unspecified atom stereocenters. The highest BCUT2D eigenvalue weighted by Gasteiger charge is 2.14. The number of rotatable bonds is 2. The summed E-state index contributed by atoms with van der Waals surface area (Å²) in [5.74, 6) is 1.22. The summed E-state index contributed by atoms with van der Waals surface area (Å²) in [7, 11) is 0. The fourth-order valence-corrected chi connectivity index (χ4v) is 3.29. The molecule has 0 atom stereocenters. The van der Waals surface area contributed by atoms with Crippen LogP contribution in [0.4, 0.5) is 5.82 Å². The molecule has 0 spiro atoms. The van der Waals surface area contributed by atoms with Crippen molar-refractivity contribution >= 4 is 45.1 Å². The SMILES string of the molecule is Nc1c2cc(-c3ccccc3)oc2nc(=S)n1-c1cccc(Br)c1. The lowest BCUT2D eigenvalue weighted by molar-refractivity contribution is 0.616. The van der Waals surface area contributed by atoms with Gasteiger partial charge in [-0.05, 0) is 36.5 Å². The Labute approximate surface area is 151 Å². The highest BCUT2D eigenvalue weighted by molar-refractivity contribution is 9.10. The third-order valence-electron chi connectivity index (χ3n) is 3.74. The second-order valence-corrected chi connectivity index (χ2v) is 6.57. The highest BCUT2D eigenvalue weighted by atomic mass is 79.9. The lowest BCUT2D eigenvalue weighted by atomic mass is 10.2. The smallest absolute Gasteiger partial charge is 0.233 e. The minimum atomic E-state index is 0.354. The van der Waals surface area contributed by atoms with Crippen LogP contribution in [0.1, 0.15) is 0 Å². The van der Waals surface area contributed by atoms with Gasteiger partial charge in [-0.25, -0.2) is 0 Å². The van der Waals surface area contributed by atoms with Crippen molar-refractivity contribution in [3.05, 3.63) is 69.9 Å². The van der Waals surface area contributed by atoms with Crippen molar-refractivity contribution in [3.63, 3.8) is 0 Å². The maximum absolute atomic E-state index is 6.37. The minimum absolute atomic E-state index is 0.354. The first-order valence-corrected chi connectivity index (χ1v) is 8.47. The van der Waals surface area contributed by atoms with Crippen LogP contribution >= 0.6 is 28.1 Å². The Balaban J connectivity index is 1.96. The summed E-state index contributed by atoms with van der Waals surface area (Å²) in [6.45, 7) is 0. The van der Waals surface area contributed by atoms with Crippen molar-refractivity contribution in [2.75, 3.05) is 5.73 Å². The molecule has 118 valence electrons. The molecule has 2 aromatic carbocycles. The van der Waals surface area contributed by atoms with Gasteiger partial charge in [-0.15, -0.1) is 0 Å². The molecular weight excluding hydrogens is 386 g/mol. The Hall–Kier alpha value is -2.44. The fourth-order valence-electron chi connectivity index (χ4n) is 2.62. The molecule has 24 heavy (non-hydrogen) atoms. The second-order valence-electron chi connectivity index (χ2n) is 5.29. The standard InChI is InChI=1S/C18H12BrN3OS/c19-12-7-4-8-13(9-12)22-16(20)14-10-15(11-5-2-1-3-6-11)23-17(14)21-18(22)24/h1-10H,20H2. The normalized spacial score (nSPS) is 11.0. The van der Waals surface area contributed by atoms with Crippen LogP contribution in [0.3, 0.4) is 0 Å². The first kappa shape index (κ1) is 15.1. The van der Waals surface area contributed by atoms with E-state index < -0.39 is 0 Å². The van der Waals surface area contributed by atoms with E-state index in [1.165, 1.54) is 0 Å². The van der Waals surface area contributed by atoms with Crippen LogP contribution in [-0.4, -0.2) is 9.55 Å². The molecule has 0 saturated carbocycles. The van der Waals surface area contributed by atoms with Gasteiger partial charge >= 0.3 is 0 Å². The molecule has 0 saturated heterocycles. The maximum Gasteiger partial charge on any atom is 0.233 e. The van der Waals surface area contributed by atoms with Crippen molar-refractivity contribution in [2.24, 2.45) is 0 Å². The monoisotopic (exact) mass is 397 g/mol. The molecule has 2 heterocycles. The summed E-state index contributed by atoms with van der Waals surface area (Å²) in [5.41, 5.74) is 8.64. The van der Waals surface area contributed by atoms with Gasteiger partial charge in [0.25, 0.3) is 0 Å². The number of fused-ring (bicyclic) bond motifs is 1. The molecule has 0 aliphatic carbocycles. The van der Waals surface area contributed by atoms with Gasteiger partial charge < -0.3 is 10.2 Å². The van der Waals surface area contributed by atoms with Crippen LogP contribution in [0.25, 0.3) is 28.1 Å². The number of benzene rings is 2. The van der Waals surface area contributed by atoms with Gasteiger partial charge in [0, 0.05) is 10.0 Å². The number of hydrogen-bond acceptors (Lipinski definition) is 4. The molecule has 0 aliphatic rings. The van der Waals surface area contributed by atoms with Crippen molar-refractivity contribution < 1.29 is 4.42 Å². The lowest BCUT2D eigenvalue weighted by Crippen LogP contribution is -2.06. The number of nitrogen functional groups attached to an aromatic ring is 1. The van der Waals surface area contributed by atoms with Gasteiger partial charge in [0.2, 0.25) is 10.5 Å². The Bertz CT molecular complexity index is 1100. The predicted molar refractivity (Wildman–Crippen MR) is 102 cm³/mol. The number of nitrogens with two attached hydrogens (primary N) is 1. The summed E-state index contributed by atoms with van der Waals surface area (Å²) >= 11 is 8.88. The number of halogens is 1. The Morgan fingerprint density at radius 3 is 2.58 bits per heavy atom. The van der Waals surface area contributed by atoms with E-state index >= 15 is 0 Å². The molecule has 2 N–H and O–H groups in total. The number of hydrogen-bond donors (Lipinski definition) is 1. The highest BCUT2D eigenvalue weighted by Crippen LogP contribution is 2.31. The van der Waals surface area contributed by atoms with E-state index in [1.54, 1.807) is 4.57 Å². The average molecular weight is 398 g/mol. The second kappa shape index (κ2) is 5.89. The molecule has 0 radical (unpaired) electrons. The van der Waals surface area contributed by atoms with Crippen molar-refractivity contribution in [2.45, 2.75) is 0 Å². The van der Waals surface area contributed by atoms with Gasteiger partial charge in [-0.2, -0.15) is 4.98 Å². The third-order valence-corrected chi connectivity index (χ3v) is 4.51. The van der Waals surface area contributed by atoms with E-state index in [2.05, 4.69) is 20.9 Å². The summed E-state index contributed by atoms with van der Waals surface area (Å²) in [6.07, 6.45) is 0. The van der Waals surface area contributed by atoms with Gasteiger partial charge in [0.15, 0.2) is 0 Å². The van der Waals surface area contributed by atoms with Gasteiger partial charge in [0.1, 0.15) is 11.6 Å². The van der Waals surface area contributed by atoms with Crippen LogP contribution in [-0.2, 0) is 0 Å². The number of aromatic nitrogens is 2. The Kier molecular flexibility index (Phi) is 3.70. The van der Waals surface area contributed by atoms with E-state index in [9.17, 15) is 0 Å². The van der Waals surface area contributed by atoms with Gasteiger partial charge in [-0.3, -0.25) is 4.57 Å². The number of nitrogens with zero attached hydrogens (tertiary/aromatic N) is 2. The molecule has 4 aromatic rings. The zero-order valence-electron chi connectivity index (χ0n) is 12.4. The number of anilines is 1. The van der Waals surface area contributed by atoms with Crippen LogP contribution in [0.5, 0.6) is 0 Å². The van der Waals surface area contributed by atoms with Crippen LogP contribution in [0.2, 0.25) is 0 Å². The first-order chi connectivity index (χ1) is 11.6. The topological polar surface area (TPSA) is 57.0 Å². The fraction of sp³-hybridized carbons (Fsp3) is 0. The van der Waals surface area contributed by atoms with E-state index in [1.807, 2.05) is 60.7 Å². The molecule has 0 aliphatic heterocycles. The zero-order valence-corrected chi connectivity index (χ0v) is 14.8. The Morgan fingerprint density at radius 2 is 1.83 bits per heavy atom. The van der Waals surface area contributed by atoms with Gasteiger partial charge in [-0.1, -0.05) is 52.3 Å². The molecule has 6 heteroatoms. The minimum Gasteiger partial charge on any atom is -0.437 e. The molecule has 0 fully saturated rings. The Morgan fingerprint density at radius 1 is 1.04 bits per heavy atom. The maximum atomic E-state index is 6.37. The summed E-state index contributed by atoms with van der Waals surface area (Å²) in [4.78, 5) is 4.40. The lowest BCUT2D eigenvalue weighted by Gasteiger charge is -2.10. The zero-order chi connectivity index (χ0) is 16.7. The van der Waals surface area contributed by atoms with E-state index in [-0.39, 0.29) is 0 Å². The predicted octanol–water partition coefficient (Wildman–Crippen LogP) is 5.36. The van der Waals surface area contributed by atoms with Gasteiger partial charge in [0.05, 0.1) is 11.1 Å². The molecule has 4 nitrogen and oxygen atoms in total. The van der Waals surface area contributed by atoms with Crippen LogP contribution in [0.15, 0.2) is 69.6 Å². The molecule has 0 amide bonds. The third kappa shape index (κ3) is 2.53. The van der Waals surface area contributed by atoms with E-state index in [4.69, 9.17) is 22.4 Å². The molecule has 0 bridgehead atoms. The van der Waals surface area contributed by atoms with E-state index in [0.29, 0.717) is 22.1 Å². The quantitative estimate of drug-likeness (QED) is 0.462. The largest absolute Gasteiger partial charge is 0.437 e. The summed E-state index contributed by atoms with van der Waals surface area (Å²) < 4.78 is 8.89. The average Bonchev–Trinajstić information content (AvgIpc) is 3.00. The first-order valence-electron chi connectivity index (χ1n) is 7.27. The van der Waals surface area contributed by atoms with Crippen molar-refractivity contribution in [3.8, 4) is 17.0 Å². The molecule has 4 rings (SSSR count). The van der Waals surface area contributed by atoms with Crippen LogP contribution < -0.4 is 5.73 Å². The summed E-state index contributed by atoms with van der Waals surface area (Å²) in [5, 5.41) is 0.738. The van der Waals surface area contributed by atoms with Crippen molar-refractivity contribution in [1.29, 1.82) is 0 Å².